The number of likely N-dealkylation sites (tertiary alicyclic amines) is 1. The second-order valence-electron chi connectivity index (χ2n) is 6.99. The van der Waals surface area contributed by atoms with E-state index in [0.717, 1.165) is 54.1 Å². The lowest BCUT2D eigenvalue weighted by Gasteiger charge is -2.31. The summed E-state index contributed by atoms with van der Waals surface area (Å²) in [5.41, 5.74) is 2.05. The van der Waals surface area contributed by atoms with Crippen molar-refractivity contribution in [3.8, 4) is 11.5 Å². The fraction of sp³-hybridized carbons (Fsp3) is 0.381. The van der Waals surface area contributed by atoms with E-state index in [9.17, 15) is 4.79 Å². The van der Waals surface area contributed by atoms with Gasteiger partial charge in [0.25, 0.3) is 0 Å². The molecule has 1 N–H and O–H groups in total. The third kappa shape index (κ3) is 4.45. The van der Waals surface area contributed by atoms with Gasteiger partial charge in [0, 0.05) is 22.6 Å². The van der Waals surface area contributed by atoms with Crippen molar-refractivity contribution in [2.24, 2.45) is 5.92 Å². The van der Waals surface area contributed by atoms with Crippen LogP contribution >= 0.6 is 15.9 Å². The SMILES string of the molecule is O=C(Nc1ccccc1)C1CCN(Cc2cc3c(cc2Br)OCCO3)CC1. The van der Waals surface area contributed by atoms with E-state index in [4.69, 9.17) is 9.47 Å². The molecule has 2 heterocycles. The number of hydrogen-bond acceptors (Lipinski definition) is 4. The molecule has 4 rings (SSSR count). The maximum absolute atomic E-state index is 12.5. The van der Waals surface area contributed by atoms with E-state index in [1.54, 1.807) is 0 Å². The molecule has 0 spiro atoms. The van der Waals surface area contributed by atoms with Crippen LogP contribution in [0.2, 0.25) is 0 Å². The predicted molar refractivity (Wildman–Crippen MR) is 108 cm³/mol. The Hall–Kier alpha value is -2.05. The number of nitrogens with one attached hydrogen (secondary N) is 1. The van der Waals surface area contributed by atoms with Crippen LogP contribution in [0.25, 0.3) is 0 Å². The maximum atomic E-state index is 12.5. The van der Waals surface area contributed by atoms with E-state index < -0.39 is 0 Å². The van der Waals surface area contributed by atoms with Gasteiger partial charge in [-0.25, -0.2) is 0 Å². The van der Waals surface area contributed by atoms with Gasteiger partial charge in [-0.1, -0.05) is 34.1 Å². The fourth-order valence-corrected chi connectivity index (χ4v) is 4.03. The Morgan fingerprint density at radius 1 is 1.07 bits per heavy atom. The van der Waals surface area contributed by atoms with Gasteiger partial charge in [-0.3, -0.25) is 9.69 Å². The van der Waals surface area contributed by atoms with Crippen molar-refractivity contribution in [2.75, 3.05) is 31.6 Å². The third-order valence-electron chi connectivity index (χ3n) is 5.10. The van der Waals surface area contributed by atoms with Crippen molar-refractivity contribution in [3.05, 3.63) is 52.5 Å². The first-order valence-corrected chi connectivity index (χ1v) is 10.1. The lowest BCUT2D eigenvalue weighted by atomic mass is 9.95. The Labute approximate surface area is 167 Å². The lowest BCUT2D eigenvalue weighted by molar-refractivity contribution is -0.121. The molecular formula is C21H23BrN2O3. The monoisotopic (exact) mass is 430 g/mol. The Morgan fingerprint density at radius 2 is 1.74 bits per heavy atom. The van der Waals surface area contributed by atoms with E-state index in [2.05, 4.69) is 32.2 Å². The minimum atomic E-state index is 0.0742. The number of carbonyl (C=O) groups excluding carboxylic acids is 1. The average Bonchev–Trinajstić information content (AvgIpc) is 2.70. The number of nitrogens with zero attached hydrogens (tertiary/aromatic N) is 1. The highest BCUT2D eigenvalue weighted by atomic mass is 79.9. The Morgan fingerprint density at radius 3 is 2.44 bits per heavy atom. The molecule has 2 aliphatic rings. The first-order valence-electron chi connectivity index (χ1n) is 9.35. The van der Waals surface area contributed by atoms with E-state index in [1.165, 1.54) is 5.56 Å². The van der Waals surface area contributed by atoms with Crippen LogP contribution in [0.5, 0.6) is 11.5 Å². The average molecular weight is 431 g/mol. The van der Waals surface area contributed by atoms with Gasteiger partial charge in [-0.05, 0) is 55.8 Å². The molecule has 0 aliphatic carbocycles. The summed E-state index contributed by atoms with van der Waals surface area (Å²) in [6, 6.07) is 13.7. The second kappa shape index (κ2) is 8.31. The molecule has 0 saturated carbocycles. The molecule has 142 valence electrons. The maximum Gasteiger partial charge on any atom is 0.227 e. The molecule has 2 aromatic carbocycles. The molecule has 2 aromatic rings. The number of carbonyl (C=O) groups is 1. The molecule has 0 unspecified atom stereocenters. The van der Waals surface area contributed by atoms with Crippen molar-refractivity contribution < 1.29 is 14.3 Å². The summed E-state index contributed by atoms with van der Waals surface area (Å²) in [6.45, 7) is 3.85. The molecule has 0 atom stereocenters. The number of halogens is 1. The van der Waals surface area contributed by atoms with Gasteiger partial charge in [0.1, 0.15) is 13.2 Å². The van der Waals surface area contributed by atoms with Gasteiger partial charge in [-0.2, -0.15) is 0 Å². The van der Waals surface area contributed by atoms with Crippen molar-refractivity contribution in [3.63, 3.8) is 0 Å². The number of anilines is 1. The standard InChI is InChI=1S/C21H23BrN2O3/c22-18-13-20-19(26-10-11-27-20)12-16(18)14-24-8-6-15(7-9-24)21(25)23-17-4-2-1-3-5-17/h1-5,12-13,15H,6-11,14H2,(H,23,25). The van der Waals surface area contributed by atoms with Crippen LogP contribution < -0.4 is 14.8 Å². The van der Waals surface area contributed by atoms with Crippen molar-refractivity contribution in [2.45, 2.75) is 19.4 Å². The van der Waals surface area contributed by atoms with E-state index in [0.29, 0.717) is 13.2 Å². The minimum Gasteiger partial charge on any atom is -0.486 e. The minimum absolute atomic E-state index is 0.0742. The van der Waals surface area contributed by atoms with Crippen molar-refractivity contribution >= 4 is 27.5 Å². The molecule has 27 heavy (non-hydrogen) atoms. The van der Waals surface area contributed by atoms with Crippen LogP contribution in [0.4, 0.5) is 5.69 Å². The third-order valence-corrected chi connectivity index (χ3v) is 5.84. The first-order chi connectivity index (χ1) is 13.2. The summed E-state index contributed by atoms with van der Waals surface area (Å²) in [5, 5.41) is 3.02. The number of rotatable bonds is 4. The zero-order valence-electron chi connectivity index (χ0n) is 15.1. The summed E-state index contributed by atoms with van der Waals surface area (Å²) in [4.78, 5) is 14.9. The van der Waals surface area contributed by atoms with Crippen LogP contribution in [0.3, 0.4) is 0 Å². The van der Waals surface area contributed by atoms with Gasteiger partial charge < -0.3 is 14.8 Å². The van der Waals surface area contributed by atoms with Gasteiger partial charge in [0.15, 0.2) is 11.5 Å². The highest BCUT2D eigenvalue weighted by molar-refractivity contribution is 9.10. The molecule has 0 radical (unpaired) electrons. The van der Waals surface area contributed by atoms with Gasteiger partial charge >= 0.3 is 0 Å². The van der Waals surface area contributed by atoms with E-state index in [1.807, 2.05) is 36.4 Å². The fourth-order valence-electron chi connectivity index (χ4n) is 3.59. The van der Waals surface area contributed by atoms with Crippen LogP contribution in [0.15, 0.2) is 46.9 Å². The molecule has 6 heteroatoms. The van der Waals surface area contributed by atoms with Crippen molar-refractivity contribution in [1.29, 1.82) is 0 Å². The lowest BCUT2D eigenvalue weighted by Crippen LogP contribution is -2.37. The van der Waals surface area contributed by atoms with Crippen molar-refractivity contribution in [1.82, 2.24) is 4.90 Å². The summed E-state index contributed by atoms with van der Waals surface area (Å²) >= 11 is 3.65. The van der Waals surface area contributed by atoms with Crippen LogP contribution in [-0.2, 0) is 11.3 Å². The first kappa shape index (κ1) is 18.3. The molecule has 2 aliphatic heterocycles. The van der Waals surface area contributed by atoms with Gasteiger partial charge in [0.2, 0.25) is 5.91 Å². The Kier molecular flexibility index (Phi) is 5.64. The van der Waals surface area contributed by atoms with E-state index >= 15 is 0 Å². The molecular weight excluding hydrogens is 408 g/mol. The van der Waals surface area contributed by atoms with Crippen LogP contribution in [0.1, 0.15) is 18.4 Å². The smallest absolute Gasteiger partial charge is 0.227 e. The molecule has 1 saturated heterocycles. The number of fused-ring (bicyclic) bond motifs is 1. The zero-order chi connectivity index (χ0) is 18.6. The second-order valence-corrected chi connectivity index (χ2v) is 7.85. The van der Waals surface area contributed by atoms with Gasteiger partial charge in [-0.15, -0.1) is 0 Å². The number of para-hydroxylation sites is 1. The highest BCUT2D eigenvalue weighted by Gasteiger charge is 2.26. The molecule has 0 bridgehead atoms. The van der Waals surface area contributed by atoms with E-state index in [-0.39, 0.29) is 11.8 Å². The molecule has 5 nitrogen and oxygen atoms in total. The predicted octanol–water partition coefficient (Wildman–Crippen LogP) is 4.07. The topological polar surface area (TPSA) is 50.8 Å². The number of amides is 1. The largest absolute Gasteiger partial charge is 0.486 e. The number of hydrogen-bond donors (Lipinski definition) is 1. The van der Waals surface area contributed by atoms with Crippen LogP contribution in [0, 0.1) is 5.92 Å². The number of ether oxygens (including phenoxy) is 2. The molecule has 1 amide bonds. The highest BCUT2D eigenvalue weighted by Crippen LogP contribution is 2.36. The molecule has 1 fully saturated rings. The summed E-state index contributed by atoms with van der Waals surface area (Å²) < 4.78 is 12.4. The Bertz CT molecular complexity index is 805. The quantitative estimate of drug-likeness (QED) is 0.793. The summed E-state index contributed by atoms with van der Waals surface area (Å²) in [7, 11) is 0. The number of benzene rings is 2. The van der Waals surface area contributed by atoms with Gasteiger partial charge in [0.05, 0.1) is 0 Å². The summed E-state index contributed by atoms with van der Waals surface area (Å²) in [6.07, 6.45) is 1.75. The zero-order valence-corrected chi connectivity index (χ0v) is 16.7. The normalized spacial score (nSPS) is 17.5. The number of piperidine rings is 1. The summed E-state index contributed by atoms with van der Waals surface area (Å²) in [5.74, 6) is 1.82. The Balaban J connectivity index is 1.32. The van der Waals surface area contributed by atoms with Crippen LogP contribution in [-0.4, -0.2) is 37.1 Å². The molecule has 0 aromatic heterocycles.